The molecule has 0 aliphatic heterocycles. The van der Waals surface area contributed by atoms with Crippen molar-refractivity contribution in [1.29, 1.82) is 0 Å². The van der Waals surface area contributed by atoms with Crippen molar-refractivity contribution in [2.24, 2.45) is 0 Å². The van der Waals surface area contributed by atoms with Crippen molar-refractivity contribution >= 4 is 46.6 Å². The van der Waals surface area contributed by atoms with Gasteiger partial charge in [-0.05, 0) is 62.6 Å². The van der Waals surface area contributed by atoms with Gasteiger partial charge in [0.1, 0.15) is 11.9 Å². The second-order valence-electron chi connectivity index (χ2n) is 7.15. The van der Waals surface area contributed by atoms with Gasteiger partial charge in [0, 0.05) is 18.8 Å². The molecule has 0 aliphatic carbocycles. The molecule has 162 valence electrons. The zero-order valence-corrected chi connectivity index (χ0v) is 19.1. The molecule has 0 spiro atoms. The van der Waals surface area contributed by atoms with E-state index in [9.17, 15) is 14.0 Å². The monoisotopic (exact) mass is 451 g/mol. The van der Waals surface area contributed by atoms with Gasteiger partial charge in [0.15, 0.2) is 0 Å². The number of benzene rings is 2. The molecule has 0 aromatic heterocycles. The molecule has 1 atom stereocenters. The minimum atomic E-state index is -0.776. The van der Waals surface area contributed by atoms with E-state index in [0.717, 1.165) is 0 Å². The van der Waals surface area contributed by atoms with Crippen molar-refractivity contribution in [2.45, 2.75) is 32.4 Å². The van der Waals surface area contributed by atoms with Crippen LogP contribution in [-0.4, -0.2) is 43.0 Å². The Kier molecular flexibility index (Phi) is 8.99. The smallest absolute Gasteiger partial charge is 0.253 e. The lowest BCUT2D eigenvalue weighted by Gasteiger charge is -2.24. The maximum atomic E-state index is 14.5. The van der Waals surface area contributed by atoms with Gasteiger partial charge in [-0.25, -0.2) is 4.39 Å². The Morgan fingerprint density at radius 3 is 2.50 bits per heavy atom. The summed E-state index contributed by atoms with van der Waals surface area (Å²) in [5.74, 6) is -0.589. The van der Waals surface area contributed by atoms with Crippen molar-refractivity contribution in [3.63, 3.8) is 0 Å². The zero-order chi connectivity index (χ0) is 22.3. The fourth-order valence-electron chi connectivity index (χ4n) is 2.76. The molecule has 5 nitrogen and oxygen atoms in total. The second kappa shape index (κ2) is 11.2. The van der Waals surface area contributed by atoms with Gasteiger partial charge in [0.2, 0.25) is 5.91 Å². The Hall–Kier alpha value is -2.25. The molecule has 2 N–H and O–H groups in total. The van der Waals surface area contributed by atoms with Gasteiger partial charge >= 0.3 is 0 Å². The molecule has 2 rings (SSSR count). The number of thioether (sulfide) groups is 1. The van der Waals surface area contributed by atoms with Gasteiger partial charge < -0.3 is 15.5 Å². The third kappa shape index (κ3) is 6.37. The van der Waals surface area contributed by atoms with Gasteiger partial charge in [-0.2, -0.15) is 11.8 Å². The number of halogens is 2. The number of hydrogen-bond donors (Lipinski definition) is 2. The van der Waals surface area contributed by atoms with Gasteiger partial charge in [-0.15, -0.1) is 0 Å². The molecule has 1 unspecified atom stereocenters. The van der Waals surface area contributed by atoms with E-state index in [2.05, 4.69) is 10.6 Å². The van der Waals surface area contributed by atoms with E-state index in [4.69, 9.17) is 11.6 Å². The van der Waals surface area contributed by atoms with Crippen LogP contribution in [0.1, 0.15) is 30.6 Å². The molecule has 0 saturated carbocycles. The molecule has 8 heteroatoms. The van der Waals surface area contributed by atoms with Crippen LogP contribution in [0.15, 0.2) is 42.5 Å². The number of amides is 2. The van der Waals surface area contributed by atoms with Crippen molar-refractivity contribution in [3.8, 4) is 0 Å². The second-order valence-corrected chi connectivity index (χ2v) is 8.54. The summed E-state index contributed by atoms with van der Waals surface area (Å²) in [6.45, 7) is 3.93. The van der Waals surface area contributed by atoms with Crippen LogP contribution < -0.4 is 15.5 Å². The van der Waals surface area contributed by atoms with Gasteiger partial charge in [-0.3, -0.25) is 9.59 Å². The summed E-state index contributed by atoms with van der Waals surface area (Å²) in [5.41, 5.74) is 1.08. The third-order valence-electron chi connectivity index (χ3n) is 4.72. The quantitative estimate of drug-likeness (QED) is 0.574. The first-order valence-electron chi connectivity index (χ1n) is 9.62. The highest BCUT2D eigenvalue weighted by molar-refractivity contribution is 7.98. The predicted octanol–water partition coefficient (Wildman–Crippen LogP) is 4.81. The van der Waals surface area contributed by atoms with Crippen LogP contribution >= 0.6 is 23.4 Å². The summed E-state index contributed by atoms with van der Waals surface area (Å²) in [5, 5.41) is 5.75. The average Bonchev–Trinajstić information content (AvgIpc) is 2.70. The number of nitrogens with zero attached hydrogens (tertiary/aromatic N) is 1. The summed E-state index contributed by atoms with van der Waals surface area (Å²) in [4.78, 5) is 27.2. The maximum absolute atomic E-state index is 14.5. The number of nitrogens with one attached hydrogen (secondary N) is 2. The highest BCUT2D eigenvalue weighted by Gasteiger charge is 2.23. The average molecular weight is 452 g/mol. The van der Waals surface area contributed by atoms with E-state index in [-0.39, 0.29) is 6.04 Å². The Balaban J connectivity index is 2.14. The molecule has 0 aliphatic rings. The minimum Gasteiger partial charge on any atom is -0.370 e. The lowest BCUT2D eigenvalue weighted by molar-refractivity contribution is -0.118. The van der Waals surface area contributed by atoms with Crippen molar-refractivity contribution in [3.05, 3.63) is 58.9 Å². The van der Waals surface area contributed by atoms with Crippen molar-refractivity contribution in [2.75, 3.05) is 29.3 Å². The van der Waals surface area contributed by atoms with Crippen molar-refractivity contribution in [1.82, 2.24) is 5.32 Å². The molecule has 0 heterocycles. The molecule has 0 fully saturated rings. The van der Waals surface area contributed by atoms with Crippen LogP contribution in [0.3, 0.4) is 0 Å². The van der Waals surface area contributed by atoms with E-state index in [1.165, 1.54) is 6.07 Å². The molecule has 30 heavy (non-hydrogen) atoms. The molecular formula is C22H27ClFN3O2S. The minimum absolute atomic E-state index is 0.135. The number of hydrogen-bond acceptors (Lipinski definition) is 4. The molecule has 0 saturated heterocycles. The zero-order valence-electron chi connectivity index (χ0n) is 17.5. The molecule has 0 bridgehead atoms. The highest BCUT2D eigenvalue weighted by atomic mass is 35.5. The van der Waals surface area contributed by atoms with Crippen molar-refractivity contribution < 1.29 is 14.0 Å². The first-order chi connectivity index (χ1) is 14.2. The highest BCUT2D eigenvalue weighted by Crippen LogP contribution is 2.24. The molecule has 2 amide bonds. The van der Waals surface area contributed by atoms with Gasteiger partial charge in [-0.1, -0.05) is 23.7 Å². The SMILES string of the molecule is CSCCC(NC(=O)c1ccccc1Cl)C(=O)Nc1ccc(N(C)C(C)C)c(F)c1. The fourth-order valence-corrected chi connectivity index (χ4v) is 3.46. The summed E-state index contributed by atoms with van der Waals surface area (Å²) < 4.78 is 14.5. The summed E-state index contributed by atoms with van der Waals surface area (Å²) in [6.07, 6.45) is 2.35. The molecule has 0 radical (unpaired) electrons. The predicted molar refractivity (Wildman–Crippen MR) is 124 cm³/mol. The molecule has 2 aromatic rings. The Morgan fingerprint density at radius 2 is 1.90 bits per heavy atom. The largest absolute Gasteiger partial charge is 0.370 e. The first kappa shape index (κ1) is 24.0. The van der Waals surface area contributed by atoms with Gasteiger partial charge in [0.05, 0.1) is 16.3 Å². The van der Waals surface area contributed by atoms with E-state index in [1.54, 1.807) is 48.2 Å². The number of rotatable bonds is 9. The number of carbonyl (C=O) groups excluding carboxylic acids is 2. The molecule has 2 aromatic carbocycles. The summed E-state index contributed by atoms with van der Waals surface area (Å²) in [7, 11) is 1.81. The van der Waals surface area contributed by atoms with E-state index < -0.39 is 23.7 Å². The maximum Gasteiger partial charge on any atom is 0.253 e. The number of carbonyl (C=O) groups is 2. The summed E-state index contributed by atoms with van der Waals surface area (Å²) in [6, 6.07) is 10.6. The fraction of sp³-hybridized carbons (Fsp3) is 0.364. The number of anilines is 2. The normalized spacial score (nSPS) is 11.8. The van der Waals surface area contributed by atoms with Crippen LogP contribution in [-0.2, 0) is 4.79 Å². The van der Waals surface area contributed by atoms with E-state index >= 15 is 0 Å². The van der Waals surface area contributed by atoms with Crippen LogP contribution in [0.2, 0.25) is 5.02 Å². The van der Waals surface area contributed by atoms with Crippen LogP contribution in [0.5, 0.6) is 0 Å². The van der Waals surface area contributed by atoms with E-state index in [1.807, 2.05) is 32.1 Å². The lowest BCUT2D eigenvalue weighted by atomic mass is 10.1. The van der Waals surface area contributed by atoms with E-state index in [0.29, 0.717) is 34.1 Å². The first-order valence-corrected chi connectivity index (χ1v) is 11.4. The van der Waals surface area contributed by atoms with Gasteiger partial charge in [0.25, 0.3) is 5.91 Å². The Morgan fingerprint density at radius 1 is 1.20 bits per heavy atom. The van der Waals surface area contributed by atoms with Crippen LogP contribution in [0.4, 0.5) is 15.8 Å². The van der Waals surface area contributed by atoms with Crippen LogP contribution in [0.25, 0.3) is 0 Å². The molecular weight excluding hydrogens is 425 g/mol. The topological polar surface area (TPSA) is 61.4 Å². The standard InChI is InChI=1S/C22H27ClFN3O2S/c1-14(2)27(3)20-10-9-15(13-18(20)24)25-22(29)19(11-12-30-4)26-21(28)16-7-5-6-8-17(16)23/h5-10,13-14,19H,11-12H2,1-4H3,(H,25,29)(H,26,28). The lowest BCUT2D eigenvalue weighted by Crippen LogP contribution is -2.44. The van der Waals surface area contributed by atoms with Crippen LogP contribution in [0, 0.1) is 5.82 Å². The summed E-state index contributed by atoms with van der Waals surface area (Å²) >= 11 is 7.65. The third-order valence-corrected chi connectivity index (χ3v) is 5.69. The Bertz CT molecular complexity index is 894. The Labute approximate surface area is 186 Å².